The number of aromatic nitrogens is 1. The fourth-order valence-corrected chi connectivity index (χ4v) is 1.61. The second-order valence-corrected chi connectivity index (χ2v) is 3.70. The van der Waals surface area contributed by atoms with E-state index in [4.69, 9.17) is 9.47 Å². The van der Waals surface area contributed by atoms with E-state index in [1.165, 1.54) is 0 Å². The van der Waals surface area contributed by atoms with Gasteiger partial charge in [-0.15, -0.1) is 0 Å². The summed E-state index contributed by atoms with van der Waals surface area (Å²) in [4.78, 5) is 4.37. The Morgan fingerprint density at radius 2 is 1.89 bits per heavy atom. The molecule has 0 aliphatic heterocycles. The summed E-state index contributed by atoms with van der Waals surface area (Å²) in [6.45, 7) is 8.18. The van der Waals surface area contributed by atoms with Gasteiger partial charge in [-0.2, -0.15) is 0 Å². The standard InChI is InChI=1S/C15H15NO2/c1-3-8-17-13-10-12-6-5-7-14(18-9-4-2)15(12)16-11-13/h3-7,10-11H,1-2,8-9H2. The fraction of sp³-hybridized carbons (Fsp3) is 0.133. The monoisotopic (exact) mass is 241 g/mol. The van der Waals surface area contributed by atoms with Crippen LogP contribution in [0.1, 0.15) is 0 Å². The second-order valence-electron chi connectivity index (χ2n) is 3.70. The van der Waals surface area contributed by atoms with Crippen LogP contribution < -0.4 is 9.47 Å². The molecule has 0 spiro atoms. The van der Waals surface area contributed by atoms with Crippen LogP contribution in [-0.2, 0) is 0 Å². The minimum absolute atomic E-state index is 0.468. The molecule has 0 N–H and O–H groups in total. The lowest BCUT2D eigenvalue weighted by molar-refractivity contribution is 0.361. The van der Waals surface area contributed by atoms with Gasteiger partial charge in [-0.05, 0) is 12.1 Å². The highest BCUT2D eigenvalue weighted by Gasteiger charge is 2.04. The van der Waals surface area contributed by atoms with E-state index in [-0.39, 0.29) is 0 Å². The van der Waals surface area contributed by atoms with Gasteiger partial charge in [-0.25, -0.2) is 4.98 Å². The first-order valence-corrected chi connectivity index (χ1v) is 5.71. The Balaban J connectivity index is 2.33. The second kappa shape index (κ2) is 5.87. The van der Waals surface area contributed by atoms with E-state index in [0.29, 0.717) is 13.2 Å². The molecule has 0 aliphatic rings. The summed E-state index contributed by atoms with van der Waals surface area (Å²) in [5, 5.41) is 0.984. The third-order valence-corrected chi connectivity index (χ3v) is 2.37. The Morgan fingerprint density at radius 1 is 1.11 bits per heavy atom. The van der Waals surface area contributed by atoms with Crippen LogP contribution in [0.4, 0.5) is 0 Å². The molecule has 0 radical (unpaired) electrons. The minimum Gasteiger partial charge on any atom is -0.488 e. The van der Waals surface area contributed by atoms with E-state index < -0.39 is 0 Å². The van der Waals surface area contributed by atoms with Crippen molar-refractivity contribution in [2.45, 2.75) is 0 Å². The molecule has 0 bridgehead atoms. The minimum atomic E-state index is 0.468. The Kier molecular flexibility index (Phi) is 3.97. The lowest BCUT2D eigenvalue weighted by Gasteiger charge is -2.08. The van der Waals surface area contributed by atoms with Crippen molar-refractivity contribution < 1.29 is 9.47 Å². The van der Waals surface area contributed by atoms with Crippen LogP contribution in [-0.4, -0.2) is 18.2 Å². The Hall–Kier alpha value is -2.29. The van der Waals surface area contributed by atoms with E-state index in [2.05, 4.69) is 18.1 Å². The van der Waals surface area contributed by atoms with E-state index in [9.17, 15) is 0 Å². The van der Waals surface area contributed by atoms with Crippen LogP contribution in [0.25, 0.3) is 10.9 Å². The molecule has 0 saturated heterocycles. The number of pyridine rings is 1. The molecule has 3 nitrogen and oxygen atoms in total. The summed E-state index contributed by atoms with van der Waals surface area (Å²) < 4.78 is 11.0. The number of ether oxygens (including phenoxy) is 2. The molecule has 92 valence electrons. The van der Waals surface area contributed by atoms with Gasteiger partial charge in [-0.1, -0.05) is 37.4 Å². The van der Waals surface area contributed by atoms with Crippen LogP contribution in [0.3, 0.4) is 0 Å². The first-order chi connectivity index (χ1) is 8.85. The topological polar surface area (TPSA) is 31.4 Å². The van der Waals surface area contributed by atoms with Crippen molar-refractivity contribution in [1.82, 2.24) is 4.98 Å². The molecule has 0 unspecified atom stereocenters. The average Bonchev–Trinajstić information content (AvgIpc) is 2.42. The van der Waals surface area contributed by atoms with Gasteiger partial charge in [0.1, 0.15) is 30.2 Å². The number of hydrogen-bond donors (Lipinski definition) is 0. The zero-order valence-electron chi connectivity index (χ0n) is 10.1. The van der Waals surface area contributed by atoms with E-state index in [1.54, 1.807) is 18.3 Å². The SMILES string of the molecule is C=CCOc1cnc2c(OCC=C)cccc2c1. The summed E-state index contributed by atoms with van der Waals surface area (Å²) in [6, 6.07) is 7.74. The van der Waals surface area contributed by atoms with Crippen molar-refractivity contribution in [1.29, 1.82) is 0 Å². The summed E-state index contributed by atoms with van der Waals surface area (Å²) in [7, 11) is 0. The lowest BCUT2D eigenvalue weighted by atomic mass is 10.2. The maximum atomic E-state index is 5.55. The Labute approximate surface area is 106 Å². The predicted molar refractivity (Wildman–Crippen MR) is 73.1 cm³/mol. The van der Waals surface area contributed by atoms with Crippen molar-refractivity contribution >= 4 is 10.9 Å². The third kappa shape index (κ3) is 2.69. The van der Waals surface area contributed by atoms with Gasteiger partial charge in [-0.3, -0.25) is 0 Å². The smallest absolute Gasteiger partial charge is 0.145 e. The van der Waals surface area contributed by atoms with E-state index in [1.807, 2.05) is 24.3 Å². The van der Waals surface area contributed by atoms with Crippen molar-refractivity contribution in [3.8, 4) is 11.5 Å². The number of fused-ring (bicyclic) bond motifs is 1. The molecule has 0 saturated carbocycles. The van der Waals surface area contributed by atoms with Gasteiger partial charge in [0, 0.05) is 5.39 Å². The van der Waals surface area contributed by atoms with Crippen molar-refractivity contribution in [3.63, 3.8) is 0 Å². The Bertz CT molecular complexity index is 563. The number of hydrogen-bond acceptors (Lipinski definition) is 3. The van der Waals surface area contributed by atoms with Gasteiger partial charge in [0.2, 0.25) is 0 Å². The molecule has 1 aromatic carbocycles. The third-order valence-electron chi connectivity index (χ3n) is 2.37. The largest absolute Gasteiger partial charge is 0.488 e. The summed E-state index contributed by atoms with van der Waals surface area (Å²) in [6.07, 6.45) is 5.10. The molecule has 1 aromatic heterocycles. The number of nitrogens with zero attached hydrogens (tertiary/aromatic N) is 1. The molecule has 0 amide bonds. The lowest BCUT2D eigenvalue weighted by Crippen LogP contribution is -1.96. The van der Waals surface area contributed by atoms with Crippen LogP contribution in [0.15, 0.2) is 55.8 Å². The quantitative estimate of drug-likeness (QED) is 0.727. The number of benzene rings is 1. The fourth-order valence-electron chi connectivity index (χ4n) is 1.61. The van der Waals surface area contributed by atoms with E-state index in [0.717, 1.165) is 22.4 Å². The Morgan fingerprint density at radius 3 is 2.67 bits per heavy atom. The highest BCUT2D eigenvalue weighted by Crippen LogP contribution is 2.26. The van der Waals surface area contributed by atoms with Crippen LogP contribution in [0.2, 0.25) is 0 Å². The molecule has 1 heterocycles. The number of rotatable bonds is 6. The summed E-state index contributed by atoms with van der Waals surface area (Å²) >= 11 is 0. The first kappa shape index (κ1) is 12.2. The molecule has 18 heavy (non-hydrogen) atoms. The first-order valence-electron chi connectivity index (χ1n) is 5.71. The van der Waals surface area contributed by atoms with Crippen LogP contribution in [0, 0.1) is 0 Å². The molecular formula is C15H15NO2. The normalized spacial score (nSPS) is 10.0. The molecule has 2 aromatic rings. The maximum absolute atomic E-state index is 5.55. The highest BCUT2D eigenvalue weighted by molar-refractivity contribution is 5.85. The summed E-state index contributed by atoms with van der Waals surface area (Å²) in [5.74, 6) is 1.48. The number of para-hydroxylation sites is 1. The van der Waals surface area contributed by atoms with Crippen molar-refractivity contribution in [2.75, 3.05) is 13.2 Å². The van der Waals surface area contributed by atoms with Gasteiger partial charge < -0.3 is 9.47 Å². The molecule has 0 aliphatic carbocycles. The zero-order chi connectivity index (χ0) is 12.8. The molecule has 2 rings (SSSR count). The highest BCUT2D eigenvalue weighted by atomic mass is 16.5. The van der Waals surface area contributed by atoms with Crippen LogP contribution in [0.5, 0.6) is 11.5 Å². The molecular weight excluding hydrogens is 226 g/mol. The van der Waals surface area contributed by atoms with E-state index >= 15 is 0 Å². The van der Waals surface area contributed by atoms with Crippen molar-refractivity contribution in [2.24, 2.45) is 0 Å². The average molecular weight is 241 g/mol. The van der Waals surface area contributed by atoms with Gasteiger partial charge >= 0.3 is 0 Å². The molecule has 0 atom stereocenters. The molecule has 0 fully saturated rings. The predicted octanol–water partition coefficient (Wildman–Crippen LogP) is 3.36. The summed E-state index contributed by atoms with van der Waals surface area (Å²) in [5.41, 5.74) is 0.824. The molecule has 3 heteroatoms. The van der Waals surface area contributed by atoms with Gasteiger partial charge in [0.15, 0.2) is 0 Å². The van der Waals surface area contributed by atoms with Gasteiger partial charge in [0.05, 0.1) is 6.20 Å². The maximum Gasteiger partial charge on any atom is 0.145 e. The zero-order valence-corrected chi connectivity index (χ0v) is 10.1. The van der Waals surface area contributed by atoms with Crippen molar-refractivity contribution in [3.05, 3.63) is 55.8 Å². The van der Waals surface area contributed by atoms with Gasteiger partial charge in [0.25, 0.3) is 0 Å². The van der Waals surface area contributed by atoms with Crippen LogP contribution >= 0.6 is 0 Å².